The Morgan fingerprint density at radius 2 is 1.29 bits per heavy atom. The van der Waals surface area contributed by atoms with Crippen LogP contribution in [0.5, 0.6) is 11.5 Å². The summed E-state index contributed by atoms with van der Waals surface area (Å²) in [4.78, 5) is 4.59. The van der Waals surface area contributed by atoms with Crippen LogP contribution in [0, 0.1) is 0 Å². The predicted molar refractivity (Wildman–Crippen MR) is 94.8 cm³/mol. The van der Waals surface area contributed by atoms with Gasteiger partial charge in [0.15, 0.2) is 0 Å². The van der Waals surface area contributed by atoms with Crippen LogP contribution in [0.1, 0.15) is 22.5 Å². The minimum atomic E-state index is 0.816. The number of ether oxygens (including phenoxy) is 2. The van der Waals surface area contributed by atoms with Crippen molar-refractivity contribution in [3.8, 4) is 11.5 Å². The Morgan fingerprint density at radius 3 is 1.79 bits per heavy atom. The van der Waals surface area contributed by atoms with Gasteiger partial charge in [0.2, 0.25) is 0 Å². The molecule has 3 aromatic rings. The fraction of sp³-hybridized carbons (Fsp3) is 0.250. The van der Waals surface area contributed by atoms with Crippen molar-refractivity contribution in [3.63, 3.8) is 0 Å². The molecule has 0 unspecified atom stereocenters. The standard InChI is InChI=1S/C20H22N2O2/c1-22-14-21-19(12-15-4-8-17(23-2)9-5-15)20(22)13-16-6-10-18(24-3)11-7-16/h4-11,14H,12-13H2,1-3H3. The Bertz CT molecular complexity index is 790. The number of aromatic nitrogens is 2. The molecule has 1 aromatic heterocycles. The minimum Gasteiger partial charge on any atom is -0.497 e. The van der Waals surface area contributed by atoms with Gasteiger partial charge in [0, 0.05) is 25.6 Å². The van der Waals surface area contributed by atoms with Gasteiger partial charge >= 0.3 is 0 Å². The summed E-state index contributed by atoms with van der Waals surface area (Å²) in [6.45, 7) is 0. The Kier molecular flexibility index (Phi) is 4.85. The lowest BCUT2D eigenvalue weighted by molar-refractivity contribution is 0.414. The fourth-order valence-corrected chi connectivity index (χ4v) is 2.75. The van der Waals surface area contributed by atoms with Gasteiger partial charge in [0.25, 0.3) is 0 Å². The zero-order chi connectivity index (χ0) is 16.9. The predicted octanol–water partition coefficient (Wildman–Crippen LogP) is 3.62. The molecule has 0 N–H and O–H groups in total. The van der Waals surface area contributed by atoms with Crippen LogP contribution in [0.15, 0.2) is 54.9 Å². The molecule has 4 nitrogen and oxygen atoms in total. The lowest BCUT2D eigenvalue weighted by Crippen LogP contribution is -2.01. The number of rotatable bonds is 6. The highest BCUT2D eigenvalue weighted by molar-refractivity contribution is 5.34. The molecule has 0 spiro atoms. The largest absolute Gasteiger partial charge is 0.497 e. The highest BCUT2D eigenvalue weighted by Crippen LogP contribution is 2.20. The maximum absolute atomic E-state index is 5.22. The summed E-state index contributed by atoms with van der Waals surface area (Å²) in [5.74, 6) is 1.75. The van der Waals surface area contributed by atoms with Gasteiger partial charge in [-0.05, 0) is 35.4 Å². The summed E-state index contributed by atoms with van der Waals surface area (Å²) < 4.78 is 12.5. The number of hydrogen-bond donors (Lipinski definition) is 0. The van der Waals surface area contributed by atoms with Gasteiger partial charge in [-0.25, -0.2) is 4.98 Å². The first kappa shape index (κ1) is 16.1. The van der Waals surface area contributed by atoms with E-state index < -0.39 is 0 Å². The van der Waals surface area contributed by atoms with Crippen molar-refractivity contribution in [1.82, 2.24) is 9.55 Å². The van der Waals surface area contributed by atoms with Crippen molar-refractivity contribution >= 4 is 0 Å². The maximum atomic E-state index is 5.22. The molecule has 124 valence electrons. The normalized spacial score (nSPS) is 10.6. The Hall–Kier alpha value is -2.75. The van der Waals surface area contributed by atoms with Gasteiger partial charge in [0.05, 0.1) is 26.2 Å². The molecule has 0 bridgehead atoms. The second-order valence-electron chi connectivity index (χ2n) is 5.80. The molecule has 0 saturated carbocycles. The van der Waals surface area contributed by atoms with Gasteiger partial charge in [-0.15, -0.1) is 0 Å². The summed E-state index contributed by atoms with van der Waals surface area (Å²) in [5, 5.41) is 0. The van der Waals surface area contributed by atoms with E-state index in [1.807, 2.05) is 37.6 Å². The van der Waals surface area contributed by atoms with Gasteiger partial charge in [-0.3, -0.25) is 0 Å². The summed E-state index contributed by atoms with van der Waals surface area (Å²) in [6, 6.07) is 16.3. The van der Waals surface area contributed by atoms with Gasteiger partial charge in [-0.1, -0.05) is 24.3 Å². The molecule has 4 heteroatoms. The first-order valence-electron chi connectivity index (χ1n) is 7.94. The topological polar surface area (TPSA) is 36.3 Å². The third kappa shape index (κ3) is 3.59. The first-order chi connectivity index (χ1) is 11.7. The average Bonchev–Trinajstić information content (AvgIpc) is 2.96. The lowest BCUT2D eigenvalue weighted by atomic mass is 10.0. The van der Waals surface area contributed by atoms with Gasteiger partial charge in [0.1, 0.15) is 11.5 Å². The fourth-order valence-electron chi connectivity index (χ4n) is 2.75. The van der Waals surface area contributed by atoms with E-state index >= 15 is 0 Å². The zero-order valence-corrected chi connectivity index (χ0v) is 14.3. The van der Waals surface area contributed by atoms with Crippen molar-refractivity contribution in [2.24, 2.45) is 7.05 Å². The van der Waals surface area contributed by atoms with E-state index in [1.165, 1.54) is 16.8 Å². The second kappa shape index (κ2) is 7.21. The van der Waals surface area contributed by atoms with E-state index in [4.69, 9.17) is 9.47 Å². The minimum absolute atomic E-state index is 0.816. The maximum Gasteiger partial charge on any atom is 0.118 e. The lowest BCUT2D eigenvalue weighted by Gasteiger charge is -2.08. The Morgan fingerprint density at radius 1 is 0.792 bits per heavy atom. The van der Waals surface area contributed by atoms with Crippen molar-refractivity contribution in [3.05, 3.63) is 77.4 Å². The van der Waals surface area contributed by atoms with E-state index in [-0.39, 0.29) is 0 Å². The van der Waals surface area contributed by atoms with E-state index in [0.29, 0.717) is 0 Å². The van der Waals surface area contributed by atoms with Crippen LogP contribution in [0.25, 0.3) is 0 Å². The van der Waals surface area contributed by atoms with Crippen LogP contribution >= 0.6 is 0 Å². The van der Waals surface area contributed by atoms with Crippen LogP contribution in [0.2, 0.25) is 0 Å². The molecule has 3 rings (SSSR count). The quantitative estimate of drug-likeness (QED) is 0.695. The van der Waals surface area contributed by atoms with Crippen molar-refractivity contribution in [2.75, 3.05) is 14.2 Å². The number of aryl methyl sites for hydroxylation is 1. The van der Waals surface area contributed by atoms with Crippen LogP contribution in [0.4, 0.5) is 0 Å². The summed E-state index contributed by atoms with van der Waals surface area (Å²) in [7, 11) is 5.41. The van der Waals surface area contributed by atoms with E-state index in [9.17, 15) is 0 Å². The average molecular weight is 322 g/mol. The van der Waals surface area contributed by atoms with E-state index in [1.54, 1.807) is 14.2 Å². The molecule has 0 atom stereocenters. The molecule has 0 fully saturated rings. The van der Waals surface area contributed by atoms with Crippen molar-refractivity contribution < 1.29 is 9.47 Å². The SMILES string of the molecule is COc1ccc(Cc2ncn(C)c2Cc2ccc(OC)cc2)cc1. The van der Waals surface area contributed by atoms with Crippen molar-refractivity contribution in [1.29, 1.82) is 0 Å². The molecule has 0 radical (unpaired) electrons. The third-order valence-electron chi connectivity index (χ3n) is 4.21. The number of imidazole rings is 1. The van der Waals surface area contributed by atoms with Crippen LogP contribution in [-0.2, 0) is 19.9 Å². The summed E-state index contributed by atoms with van der Waals surface area (Å²) in [5.41, 5.74) is 4.82. The van der Waals surface area contributed by atoms with Crippen LogP contribution in [-0.4, -0.2) is 23.8 Å². The molecule has 1 heterocycles. The number of methoxy groups -OCH3 is 2. The first-order valence-corrected chi connectivity index (χ1v) is 7.94. The molecule has 0 aliphatic carbocycles. The molecule has 0 saturated heterocycles. The zero-order valence-electron chi connectivity index (χ0n) is 14.3. The van der Waals surface area contributed by atoms with Gasteiger partial charge < -0.3 is 14.0 Å². The monoisotopic (exact) mass is 322 g/mol. The molecular formula is C20H22N2O2. The Balaban J connectivity index is 1.79. The Labute approximate surface area is 142 Å². The van der Waals surface area contributed by atoms with E-state index in [2.05, 4.69) is 33.8 Å². The van der Waals surface area contributed by atoms with E-state index in [0.717, 1.165) is 30.0 Å². The number of hydrogen-bond acceptors (Lipinski definition) is 3. The van der Waals surface area contributed by atoms with Crippen LogP contribution in [0.3, 0.4) is 0 Å². The molecule has 2 aromatic carbocycles. The van der Waals surface area contributed by atoms with Crippen LogP contribution < -0.4 is 9.47 Å². The van der Waals surface area contributed by atoms with Crippen molar-refractivity contribution in [2.45, 2.75) is 12.8 Å². The molecule has 0 aliphatic heterocycles. The summed E-state index contributed by atoms with van der Waals surface area (Å²) in [6.07, 6.45) is 3.56. The molecule has 0 amide bonds. The van der Waals surface area contributed by atoms with Gasteiger partial charge in [-0.2, -0.15) is 0 Å². The summed E-state index contributed by atoms with van der Waals surface area (Å²) >= 11 is 0. The highest BCUT2D eigenvalue weighted by Gasteiger charge is 2.11. The highest BCUT2D eigenvalue weighted by atomic mass is 16.5. The molecule has 24 heavy (non-hydrogen) atoms. The molecular weight excluding hydrogens is 300 g/mol. The number of nitrogens with zero attached hydrogens (tertiary/aromatic N) is 2. The third-order valence-corrected chi connectivity index (χ3v) is 4.21. The second-order valence-corrected chi connectivity index (χ2v) is 5.80. The smallest absolute Gasteiger partial charge is 0.118 e. The number of benzene rings is 2. The molecule has 0 aliphatic rings.